The van der Waals surface area contributed by atoms with Gasteiger partial charge in [0.05, 0.1) is 15.9 Å². The van der Waals surface area contributed by atoms with E-state index in [2.05, 4.69) is 9.97 Å². The average Bonchev–Trinajstić information content (AvgIpc) is 2.58. The van der Waals surface area contributed by atoms with Crippen molar-refractivity contribution < 1.29 is 18.1 Å². The Balaban J connectivity index is 0.00000144. The van der Waals surface area contributed by atoms with Crippen molar-refractivity contribution in [3.05, 3.63) is 24.0 Å². The Hall–Kier alpha value is -1.15. The van der Waals surface area contributed by atoms with E-state index in [4.69, 9.17) is 4.55 Å². The first kappa shape index (κ1) is 13.9. The molecule has 94 valence electrons. The van der Waals surface area contributed by atoms with Crippen LogP contribution in [0.25, 0.3) is 11.0 Å². The number of benzene rings is 1. The predicted octanol–water partition coefficient (Wildman–Crippen LogP) is 1.28. The van der Waals surface area contributed by atoms with E-state index >= 15 is 0 Å². The number of H-pyrrole nitrogens is 1. The molecule has 0 aliphatic rings. The zero-order valence-electron chi connectivity index (χ0n) is 8.78. The molecule has 2 aromatic rings. The van der Waals surface area contributed by atoms with E-state index in [9.17, 15) is 13.5 Å². The molecule has 0 aliphatic carbocycles. The zero-order valence-corrected chi connectivity index (χ0v) is 10.4. The minimum Gasteiger partial charge on any atom is -0.385 e. The van der Waals surface area contributed by atoms with E-state index in [1.54, 1.807) is 6.92 Å². The van der Waals surface area contributed by atoms with Crippen molar-refractivity contribution in [2.24, 2.45) is 0 Å². The number of nitrogens with one attached hydrogen (secondary N) is 1. The smallest absolute Gasteiger partial charge is 0.294 e. The number of aromatic nitrogens is 2. The molecule has 1 aromatic heterocycles. The van der Waals surface area contributed by atoms with Crippen LogP contribution >= 0.6 is 12.4 Å². The molecule has 0 fully saturated rings. The molecule has 1 heterocycles. The molecule has 0 spiro atoms. The number of imidazole rings is 1. The molecule has 0 aliphatic heterocycles. The fourth-order valence-corrected chi connectivity index (χ4v) is 1.87. The standard InChI is InChI=1S/C9H10N2O4S.ClH/c1-5(12)9-10-7-3-2-6(16(13,14)15)4-8(7)11-9;/h2-5,12H,1H3,(H,10,11)(H,13,14,15);1H. The van der Waals surface area contributed by atoms with Gasteiger partial charge in [-0.25, -0.2) is 4.98 Å². The first-order chi connectivity index (χ1) is 7.38. The molecule has 0 saturated carbocycles. The molecule has 1 atom stereocenters. The normalized spacial score (nSPS) is 13.4. The van der Waals surface area contributed by atoms with Crippen LogP contribution in [-0.4, -0.2) is 28.0 Å². The van der Waals surface area contributed by atoms with Gasteiger partial charge in [0, 0.05) is 0 Å². The lowest BCUT2D eigenvalue weighted by molar-refractivity contribution is 0.190. The molecule has 3 N–H and O–H groups in total. The number of nitrogens with zero attached hydrogens (tertiary/aromatic N) is 1. The maximum absolute atomic E-state index is 10.9. The average molecular weight is 279 g/mol. The number of hydrogen-bond donors (Lipinski definition) is 3. The van der Waals surface area contributed by atoms with Gasteiger partial charge < -0.3 is 10.1 Å². The van der Waals surface area contributed by atoms with Crippen LogP contribution in [0.5, 0.6) is 0 Å². The van der Waals surface area contributed by atoms with Crippen molar-refractivity contribution in [1.82, 2.24) is 9.97 Å². The molecule has 0 bridgehead atoms. The van der Waals surface area contributed by atoms with Crippen LogP contribution in [0.4, 0.5) is 0 Å². The number of aliphatic hydroxyl groups is 1. The maximum Gasteiger partial charge on any atom is 0.294 e. The lowest BCUT2D eigenvalue weighted by Gasteiger charge is -1.96. The molecule has 1 aromatic carbocycles. The SMILES string of the molecule is CC(O)c1nc2ccc(S(=O)(=O)O)cc2[nH]1.Cl. The largest absolute Gasteiger partial charge is 0.385 e. The van der Waals surface area contributed by atoms with E-state index < -0.39 is 16.2 Å². The topological polar surface area (TPSA) is 103 Å². The number of aromatic amines is 1. The minimum atomic E-state index is -4.22. The van der Waals surface area contributed by atoms with Crippen LogP contribution in [0.15, 0.2) is 23.1 Å². The predicted molar refractivity (Wildman–Crippen MR) is 63.8 cm³/mol. The van der Waals surface area contributed by atoms with Crippen LogP contribution in [0, 0.1) is 0 Å². The Labute approximate surface area is 104 Å². The summed E-state index contributed by atoms with van der Waals surface area (Å²) in [5.74, 6) is 0.350. The Morgan fingerprint density at radius 1 is 1.41 bits per heavy atom. The Kier molecular flexibility index (Phi) is 3.78. The molecular formula is C9H11ClN2O4S. The fourth-order valence-electron chi connectivity index (χ4n) is 1.37. The van der Waals surface area contributed by atoms with Crippen molar-refractivity contribution in [2.75, 3.05) is 0 Å². The number of halogens is 1. The highest BCUT2D eigenvalue weighted by Crippen LogP contribution is 2.19. The van der Waals surface area contributed by atoms with Gasteiger partial charge in [0.2, 0.25) is 0 Å². The van der Waals surface area contributed by atoms with Crippen LogP contribution in [0.1, 0.15) is 18.9 Å². The highest BCUT2D eigenvalue weighted by atomic mass is 35.5. The summed E-state index contributed by atoms with van der Waals surface area (Å²) in [7, 11) is -4.22. The second-order valence-corrected chi connectivity index (χ2v) is 4.87. The quantitative estimate of drug-likeness (QED) is 0.718. The summed E-state index contributed by atoms with van der Waals surface area (Å²) in [6.45, 7) is 1.54. The van der Waals surface area contributed by atoms with Gasteiger partial charge in [-0.05, 0) is 25.1 Å². The van der Waals surface area contributed by atoms with E-state index in [1.807, 2.05) is 0 Å². The van der Waals surface area contributed by atoms with E-state index in [-0.39, 0.29) is 17.3 Å². The highest BCUT2D eigenvalue weighted by molar-refractivity contribution is 7.85. The first-order valence-electron chi connectivity index (χ1n) is 4.53. The Morgan fingerprint density at radius 2 is 2.06 bits per heavy atom. The highest BCUT2D eigenvalue weighted by Gasteiger charge is 2.13. The van der Waals surface area contributed by atoms with Gasteiger partial charge in [-0.2, -0.15) is 8.42 Å². The van der Waals surface area contributed by atoms with Crippen molar-refractivity contribution in [3.8, 4) is 0 Å². The van der Waals surface area contributed by atoms with E-state index in [0.29, 0.717) is 16.9 Å². The summed E-state index contributed by atoms with van der Waals surface area (Å²) < 4.78 is 30.6. The molecule has 0 radical (unpaired) electrons. The summed E-state index contributed by atoms with van der Waals surface area (Å²) in [5.41, 5.74) is 0.981. The van der Waals surface area contributed by atoms with Gasteiger partial charge in [0.25, 0.3) is 10.1 Å². The summed E-state index contributed by atoms with van der Waals surface area (Å²) in [4.78, 5) is 6.62. The number of aliphatic hydroxyl groups excluding tert-OH is 1. The summed E-state index contributed by atoms with van der Waals surface area (Å²) in [6, 6.07) is 3.98. The molecule has 0 amide bonds. The monoisotopic (exact) mass is 278 g/mol. The van der Waals surface area contributed by atoms with Crippen molar-refractivity contribution >= 4 is 33.6 Å². The summed E-state index contributed by atoms with van der Waals surface area (Å²) in [6.07, 6.45) is -0.762. The van der Waals surface area contributed by atoms with Gasteiger partial charge in [-0.3, -0.25) is 4.55 Å². The van der Waals surface area contributed by atoms with Crippen LogP contribution in [0.2, 0.25) is 0 Å². The van der Waals surface area contributed by atoms with Crippen molar-refractivity contribution in [3.63, 3.8) is 0 Å². The second kappa shape index (κ2) is 4.61. The van der Waals surface area contributed by atoms with Gasteiger partial charge >= 0.3 is 0 Å². The number of rotatable bonds is 2. The van der Waals surface area contributed by atoms with Crippen LogP contribution in [-0.2, 0) is 10.1 Å². The lowest BCUT2D eigenvalue weighted by atomic mass is 10.3. The van der Waals surface area contributed by atoms with Gasteiger partial charge in [-0.1, -0.05) is 0 Å². The molecule has 6 nitrogen and oxygen atoms in total. The zero-order chi connectivity index (χ0) is 11.9. The third kappa shape index (κ3) is 2.75. The molecule has 17 heavy (non-hydrogen) atoms. The lowest BCUT2D eigenvalue weighted by Crippen LogP contribution is -1.97. The van der Waals surface area contributed by atoms with E-state index in [1.165, 1.54) is 18.2 Å². The fraction of sp³-hybridized carbons (Fsp3) is 0.222. The van der Waals surface area contributed by atoms with Crippen LogP contribution in [0.3, 0.4) is 0 Å². The molecule has 8 heteroatoms. The Bertz CT molecular complexity index is 635. The summed E-state index contributed by atoms with van der Waals surface area (Å²) in [5, 5.41) is 9.29. The third-order valence-electron chi connectivity index (χ3n) is 2.17. The first-order valence-corrected chi connectivity index (χ1v) is 5.97. The molecule has 0 saturated heterocycles. The van der Waals surface area contributed by atoms with Crippen molar-refractivity contribution in [2.45, 2.75) is 17.9 Å². The second-order valence-electron chi connectivity index (χ2n) is 3.45. The minimum absolute atomic E-state index is 0. The number of hydrogen-bond acceptors (Lipinski definition) is 4. The summed E-state index contributed by atoms with van der Waals surface area (Å²) >= 11 is 0. The van der Waals surface area contributed by atoms with Gasteiger partial charge in [0.15, 0.2) is 0 Å². The Morgan fingerprint density at radius 3 is 2.59 bits per heavy atom. The van der Waals surface area contributed by atoms with E-state index in [0.717, 1.165) is 0 Å². The third-order valence-corrected chi connectivity index (χ3v) is 3.01. The van der Waals surface area contributed by atoms with Gasteiger partial charge in [0.1, 0.15) is 11.9 Å². The van der Waals surface area contributed by atoms with Crippen molar-refractivity contribution in [1.29, 1.82) is 0 Å². The maximum atomic E-state index is 10.9. The molecule has 2 rings (SSSR count). The van der Waals surface area contributed by atoms with Gasteiger partial charge in [-0.15, -0.1) is 12.4 Å². The molecular weight excluding hydrogens is 268 g/mol. The molecule has 1 unspecified atom stereocenters. The van der Waals surface area contributed by atoms with Crippen LogP contribution < -0.4 is 0 Å². The number of fused-ring (bicyclic) bond motifs is 1.